The minimum atomic E-state index is 0.570. The van der Waals surface area contributed by atoms with Crippen LogP contribution in [0.3, 0.4) is 0 Å². The van der Waals surface area contributed by atoms with Crippen molar-refractivity contribution in [3.05, 3.63) is 40.1 Å². The lowest BCUT2D eigenvalue weighted by atomic mass is 10.1. The van der Waals surface area contributed by atoms with Crippen molar-refractivity contribution >= 4 is 34.0 Å². The summed E-state index contributed by atoms with van der Waals surface area (Å²) >= 11 is 3.49. The molecular weight excluding hydrogens is 398 g/mol. The standard InChI is InChI=1S/C19H24BrN3O3/c1-23(2)19-21-13-15(20)16(22-19)8-6-14-7-9-17(25-4)18(12-14)26-11-5-10-24-3/h6-9,12-13H,5,10-11H2,1-4H3. The third kappa shape index (κ3) is 5.71. The Morgan fingerprint density at radius 2 is 1.92 bits per heavy atom. The van der Waals surface area contributed by atoms with Crippen molar-refractivity contribution in [3.8, 4) is 11.5 Å². The SMILES string of the molecule is COCCCOc1cc(C=Cc2nc(N(C)C)ncc2Br)ccc1OC. The van der Waals surface area contributed by atoms with Crippen LogP contribution in [0.2, 0.25) is 0 Å². The predicted octanol–water partition coefficient (Wildman–Crippen LogP) is 3.90. The van der Waals surface area contributed by atoms with Crippen LogP contribution in [0.5, 0.6) is 11.5 Å². The fraction of sp³-hybridized carbons (Fsp3) is 0.368. The average molecular weight is 422 g/mol. The molecule has 1 aromatic heterocycles. The minimum absolute atomic E-state index is 0.570. The fourth-order valence-electron chi connectivity index (χ4n) is 2.17. The molecular formula is C19H24BrN3O3. The number of benzene rings is 1. The molecule has 0 atom stereocenters. The molecule has 0 aliphatic rings. The second kappa shape index (κ2) is 10.1. The van der Waals surface area contributed by atoms with Gasteiger partial charge in [0, 0.05) is 40.4 Å². The summed E-state index contributed by atoms with van der Waals surface area (Å²) in [6.45, 7) is 1.23. The lowest BCUT2D eigenvalue weighted by Crippen LogP contribution is -2.13. The normalized spacial score (nSPS) is 11.0. The molecule has 0 amide bonds. The Hall–Kier alpha value is -2.12. The van der Waals surface area contributed by atoms with Crippen LogP contribution in [0.4, 0.5) is 5.95 Å². The van der Waals surface area contributed by atoms with Crippen molar-refractivity contribution in [3.63, 3.8) is 0 Å². The molecule has 0 unspecified atom stereocenters. The molecule has 0 spiro atoms. The molecule has 0 aliphatic carbocycles. The van der Waals surface area contributed by atoms with Gasteiger partial charge in [-0.1, -0.05) is 12.1 Å². The number of ether oxygens (including phenoxy) is 3. The first-order chi connectivity index (χ1) is 12.5. The second-order valence-corrected chi connectivity index (χ2v) is 6.59. The Morgan fingerprint density at radius 3 is 2.62 bits per heavy atom. The highest BCUT2D eigenvalue weighted by atomic mass is 79.9. The Morgan fingerprint density at radius 1 is 1.12 bits per heavy atom. The third-order valence-electron chi connectivity index (χ3n) is 3.53. The number of hydrogen-bond acceptors (Lipinski definition) is 6. The van der Waals surface area contributed by atoms with Crippen molar-refractivity contribution in [1.29, 1.82) is 0 Å². The predicted molar refractivity (Wildman–Crippen MR) is 108 cm³/mol. The molecule has 2 aromatic rings. The van der Waals surface area contributed by atoms with Crippen LogP contribution in [0, 0.1) is 0 Å². The van der Waals surface area contributed by atoms with Crippen LogP contribution in [-0.2, 0) is 4.74 Å². The van der Waals surface area contributed by atoms with E-state index in [4.69, 9.17) is 14.2 Å². The van der Waals surface area contributed by atoms with Gasteiger partial charge in [-0.15, -0.1) is 0 Å². The number of nitrogens with zero attached hydrogens (tertiary/aromatic N) is 3. The van der Waals surface area contributed by atoms with E-state index in [1.54, 1.807) is 20.4 Å². The van der Waals surface area contributed by atoms with Crippen LogP contribution in [0.15, 0.2) is 28.9 Å². The highest BCUT2D eigenvalue weighted by Gasteiger charge is 2.06. The van der Waals surface area contributed by atoms with Gasteiger partial charge in [-0.2, -0.15) is 0 Å². The summed E-state index contributed by atoms with van der Waals surface area (Å²) in [5.74, 6) is 2.07. The van der Waals surface area contributed by atoms with E-state index in [1.807, 2.05) is 49.3 Å². The van der Waals surface area contributed by atoms with E-state index < -0.39 is 0 Å². The quantitative estimate of drug-likeness (QED) is 0.572. The first kappa shape index (κ1) is 20.2. The van der Waals surface area contributed by atoms with E-state index in [1.165, 1.54) is 0 Å². The lowest BCUT2D eigenvalue weighted by Gasteiger charge is -2.12. The van der Waals surface area contributed by atoms with Gasteiger partial charge in [-0.05, 0) is 39.7 Å². The average Bonchev–Trinajstić information content (AvgIpc) is 2.64. The van der Waals surface area contributed by atoms with Gasteiger partial charge in [-0.25, -0.2) is 9.97 Å². The monoisotopic (exact) mass is 421 g/mol. The van der Waals surface area contributed by atoms with Gasteiger partial charge < -0.3 is 19.1 Å². The molecule has 6 nitrogen and oxygen atoms in total. The van der Waals surface area contributed by atoms with E-state index in [-0.39, 0.29) is 0 Å². The maximum absolute atomic E-state index is 5.82. The molecule has 1 heterocycles. The van der Waals surface area contributed by atoms with Gasteiger partial charge in [0.2, 0.25) is 5.95 Å². The number of anilines is 1. The van der Waals surface area contributed by atoms with E-state index in [9.17, 15) is 0 Å². The smallest absolute Gasteiger partial charge is 0.225 e. The summed E-state index contributed by atoms with van der Waals surface area (Å²) < 4.78 is 17.1. The second-order valence-electron chi connectivity index (χ2n) is 5.74. The Kier molecular flexibility index (Phi) is 7.87. The zero-order valence-corrected chi connectivity index (χ0v) is 17.1. The highest BCUT2D eigenvalue weighted by molar-refractivity contribution is 9.10. The lowest BCUT2D eigenvalue weighted by molar-refractivity contribution is 0.170. The number of rotatable bonds is 9. The third-order valence-corrected chi connectivity index (χ3v) is 4.14. The summed E-state index contributed by atoms with van der Waals surface area (Å²) in [7, 11) is 7.13. The van der Waals surface area contributed by atoms with E-state index in [0.717, 1.165) is 22.2 Å². The first-order valence-electron chi connectivity index (χ1n) is 8.23. The van der Waals surface area contributed by atoms with Crippen molar-refractivity contribution in [2.75, 3.05) is 46.4 Å². The summed E-state index contributed by atoms with van der Waals surface area (Å²) in [6.07, 6.45) is 6.49. The largest absolute Gasteiger partial charge is 0.493 e. The molecule has 7 heteroatoms. The summed E-state index contributed by atoms with van der Waals surface area (Å²) in [6, 6.07) is 5.81. The van der Waals surface area contributed by atoms with Crippen LogP contribution >= 0.6 is 15.9 Å². The van der Waals surface area contributed by atoms with E-state index in [2.05, 4.69) is 25.9 Å². The molecule has 0 fully saturated rings. The molecule has 26 heavy (non-hydrogen) atoms. The molecule has 1 aromatic carbocycles. The molecule has 0 saturated carbocycles. The number of methoxy groups -OCH3 is 2. The van der Waals surface area contributed by atoms with E-state index in [0.29, 0.717) is 30.7 Å². The van der Waals surface area contributed by atoms with Gasteiger partial charge >= 0.3 is 0 Å². The van der Waals surface area contributed by atoms with Crippen LogP contribution in [0.1, 0.15) is 17.7 Å². The molecule has 0 radical (unpaired) electrons. The molecule has 140 valence electrons. The van der Waals surface area contributed by atoms with Gasteiger partial charge in [0.15, 0.2) is 11.5 Å². The van der Waals surface area contributed by atoms with Crippen molar-refractivity contribution < 1.29 is 14.2 Å². The van der Waals surface area contributed by atoms with E-state index >= 15 is 0 Å². The minimum Gasteiger partial charge on any atom is -0.493 e. The summed E-state index contributed by atoms with van der Waals surface area (Å²) in [5.41, 5.74) is 1.80. The van der Waals surface area contributed by atoms with Gasteiger partial charge in [0.25, 0.3) is 0 Å². The molecule has 2 rings (SSSR count). The Bertz CT molecular complexity index is 751. The van der Waals surface area contributed by atoms with Gasteiger partial charge in [-0.3, -0.25) is 0 Å². The fourth-order valence-corrected chi connectivity index (χ4v) is 2.50. The summed E-state index contributed by atoms with van der Waals surface area (Å²) in [5, 5.41) is 0. The van der Waals surface area contributed by atoms with Gasteiger partial charge in [0.1, 0.15) is 0 Å². The molecule has 0 bridgehead atoms. The number of aromatic nitrogens is 2. The number of hydrogen-bond donors (Lipinski definition) is 0. The highest BCUT2D eigenvalue weighted by Crippen LogP contribution is 2.29. The summed E-state index contributed by atoms with van der Waals surface area (Å²) in [4.78, 5) is 10.7. The van der Waals surface area contributed by atoms with Crippen molar-refractivity contribution in [1.82, 2.24) is 9.97 Å². The molecule has 0 aliphatic heterocycles. The zero-order chi connectivity index (χ0) is 18.9. The van der Waals surface area contributed by atoms with Crippen molar-refractivity contribution in [2.45, 2.75) is 6.42 Å². The maximum atomic E-state index is 5.82. The van der Waals surface area contributed by atoms with Crippen LogP contribution in [0.25, 0.3) is 12.2 Å². The number of halogens is 1. The van der Waals surface area contributed by atoms with Crippen LogP contribution < -0.4 is 14.4 Å². The van der Waals surface area contributed by atoms with Crippen LogP contribution in [-0.4, -0.2) is 51.5 Å². The Labute approximate surface area is 162 Å². The Balaban J connectivity index is 2.18. The zero-order valence-electron chi connectivity index (χ0n) is 15.5. The van der Waals surface area contributed by atoms with Crippen molar-refractivity contribution in [2.24, 2.45) is 0 Å². The molecule has 0 N–H and O–H groups in total. The first-order valence-corrected chi connectivity index (χ1v) is 9.02. The topological polar surface area (TPSA) is 56.7 Å². The van der Waals surface area contributed by atoms with Gasteiger partial charge in [0.05, 0.1) is 23.9 Å². The molecule has 0 saturated heterocycles. The maximum Gasteiger partial charge on any atom is 0.225 e.